The van der Waals surface area contributed by atoms with Gasteiger partial charge in [-0.25, -0.2) is 4.79 Å². The second-order valence-corrected chi connectivity index (χ2v) is 5.63. The van der Waals surface area contributed by atoms with Crippen molar-refractivity contribution in [3.05, 3.63) is 13.1 Å². The molecule has 14 heavy (non-hydrogen) atoms. The van der Waals surface area contributed by atoms with Gasteiger partial charge in [-0.05, 0) is 38.3 Å². The van der Waals surface area contributed by atoms with Crippen molar-refractivity contribution in [3.63, 3.8) is 0 Å². The lowest BCUT2D eigenvalue weighted by atomic mass is 10.4. The van der Waals surface area contributed by atoms with Gasteiger partial charge in [0.05, 0.1) is 14.9 Å². The molecule has 1 N–H and O–H groups in total. The zero-order valence-corrected chi connectivity index (χ0v) is 11.3. The van der Waals surface area contributed by atoms with Crippen LogP contribution in [0, 0.1) is 0 Å². The van der Waals surface area contributed by atoms with Crippen molar-refractivity contribution in [1.29, 1.82) is 0 Å². The molecule has 0 amide bonds. The molecular weight excluding hydrogens is 336 g/mol. The number of aromatic hydroxyl groups is 1. The van der Waals surface area contributed by atoms with Crippen LogP contribution in [0.25, 0.3) is 0 Å². The molecule has 0 bridgehead atoms. The highest BCUT2D eigenvalue weighted by molar-refractivity contribution is 9.13. The lowest BCUT2D eigenvalue weighted by molar-refractivity contribution is 0.0508. The first-order valence-electron chi connectivity index (χ1n) is 3.91. The molecule has 0 aliphatic heterocycles. The first-order chi connectivity index (χ1) is 6.57. The highest BCUT2D eigenvalue weighted by Crippen LogP contribution is 2.42. The van der Waals surface area contributed by atoms with Gasteiger partial charge in [-0.1, -0.05) is 6.92 Å². The summed E-state index contributed by atoms with van der Waals surface area (Å²) in [5.74, 6) is -0.552. The molecule has 1 heterocycles. The fraction of sp³-hybridized carbons (Fsp3) is 0.375. The van der Waals surface area contributed by atoms with Crippen molar-refractivity contribution in [2.24, 2.45) is 0 Å². The fourth-order valence-corrected chi connectivity index (χ4v) is 2.73. The van der Waals surface area contributed by atoms with Gasteiger partial charge in [-0.2, -0.15) is 0 Å². The van der Waals surface area contributed by atoms with E-state index in [4.69, 9.17) is 4.74 Å². The average Bonchev–Trinajstić information content (AvgIpc) is 2.42. The van der Waals surface area contributed by atoms with Gasteiger partial charge >= 0.3 is 5.97 Å². The van der Waals surface area contributed by atoms with E-state index in [0.29, 0.717) is 14.9 Å². The summed E-state index contributed by atoms with van der Waals surface area (Å²) in [5.41, 5.74) is 0. The van der Waals surface area contributed by atoms with Crippen molar-refractivity contribution >= 4 is 49.2 Å². The van der Waals surface area contributed by atoms with Crippen LogP contribution in [0.4, 0.5) is 0 Å². The smallest absolute Gasteiger partial charge is 0.352 e. The summed E-state index contributed by atoms with van der Waals surface area (Å²) >= 11 is 7.49. The van der Waals surface area contributed by atoms with E-state index in [-0.39, 0.29) is 10.6 Å². The third-order valence-electron chi connectivity index (χ3n) is 1.41. The largest absolute Gasteiger partial charge is 0.505 e. The summed E-state index contributed by atoms with van der Waals surface area (Å²) in [7, 11) is 0. The highest BCUT2D eigenvalue weighted by atomic mass is 79.9. The van der Waals surface area contributed by atoms with Crippen LogP contribution in [-0.2, 0) is 4.74 Å². The van der Waals surface area contributed by atoms with E-state index >= 15 is 0 Å². The Morgan fingerprint density at radius 2 is 2.21 bits per heavy atom. The lowest BCUT2D eigenvalue weighted by Gasteiger charge is -2.00. The number of rotatable bonds is 3. The molecule has 0 saturated heterocycles. The molecule has 0 unspecified atom stereocenters. The van der Waals surface area contributed by atoms with Crippen molar-refractivity contribution in [2.45, 2.75) is 13.3 Å². The third kappa shape index (κ3) is 2.49. The van der Waals surface area contributed by atoms with E-state index in [2.05, 4.69) is 31.9 Å². The van der Waals surface area contributed by atoms with Crippen LogP contribution >= 0.6 is 43.2 Å². The maximum atomic E-state index is 11.4. The number of hydrogen-bond acceptors (Lipinski definition) is 4. The summed E-state index contributed by atoms with van der Waals surface area (Å²) in [6, 6.07) is 0. The first kappa shape index (κ1) is 12.0. The molecule has 0 aliphatic carbocycles. The second kappa shape index (κ2) is 5.14. The van der Waals surface area contributed by atoms with Crippen LogP contribution < -0.4 is 0 Å². The van der Waals surface area contributed by atoms with Crippen molar-refractivity contribution in [2.75, 3.05) is 6.61 Å². The fourth-order valence-electron chi connectivity index (χ4n) is 0.774. The van der Waals surface area contributed by atoms with E-state index in [0.717, 1.165) is 17.8 Å². The van der Waals surface area contributed by atoms with Crippen molar-refractivity contribution in [3.8, 4) is 5.75 Å². The van der Waals surface area contributed by atoms with E-state index in [9.17, 15) is 9.90 Å². The molecule has 0 aromatic carbocycles. The van der Waals surface area contributed by atoms with Crippen LogP contribution in [0.3, 0.4) is 0 Å². The molecule has 0 atom stereocenters. The Kier molecular flexibility index (Phi) is 4.40. The number of thiophene rings is 1. The summed E-state index contributed by atoms with van der Waals surface area (Å²) in [4.78, 5) is 11.6. The lowest BCUT2D eigenvalue weighted by Crippen LogP contribution is -2.03. The zero-order chi connectivity index (χ0) is 10.7. The molecule has 78 valence electrons. The summed E-state index contributed by atoms with van der Waals surface area (Å²) in [6.45, 7) is 2.28. The quantitative estimate of drug-likeness (QED) is 0.854. The molecule has 0 radical (unpaired) electrons. The van der Waals surface area contributed by atoms with E-state index in [1.54, 1.807) is 0 Å². The van der Waals surface area contributed by atoms with Gasteiger partial charge in [0.15, 0.2) is 10.6 Å². The molecule has 0 spiro atoms. The Morgan fingerprint density at radius 3 is 2.64 bits per heavy atom. The number of hydrogen-bond donors (Lipinski definition) is 1. The van der Waals surface area contributed by atoms with Crippen molar-refractivity contribution in [1.82, 2.24) is 0 Å². The summed E-state index contributed by atoms with van der Waals surface area (Å²) in [6.07, 6.45) is 0.764. The van der Waals surface area contributed by atoms with Gasteiger partial charge in [-0.3, -0.25) is 0 Å². The molecule has 6 heteroatoms. The van der Waals surface area contributed by atoms with Gasteiger partial charge in [0.25, 0.3) is 0 Å². The standard InChI is InChI=1S/C8H8Br2O3S/c1-2-3-13-8(12)6-5(11)4(9)7(10)14-6/h11H,2-3H2,1H3. The number of carbonyl (C=O) groups excluding carboxylic acids is 1. The molecule has 0 saturated carbocycles. The maximum Gasteiger partial charge on any atom is 0.352 e. The molecule has 0 fully saturated rings. The molecule has 1 rings (SSSR count). The van der Waals surface area contributed by atoms with Gasteiger partial charge in [0.2, 0.25) is 0 Å². The van der Waals surface area contributed by atoms with E-state index < -0.39 is 5.97 Å². The molecule has 3 nitrogen and oxygen atoms in total. The Balaban J connectivity index is 2.85. The van der Waals surface area contributed by atoms with Gasteiger partial charge in [0.1, 0.15) is 0 Å². The van der Waals surface area contributed by atoms with Gasteiger partial charge in [0, 0.05) is 0 Å². The maximum absolute atomic E-state index is 11.4. The number of ether oxygens (including phenoxy) is 1. The molecule has 0 aliphatic rings. The van der Waals surface area contributed by atoms with Crippen LogP contribution in [0.2, 0.25) is 0 Å². The summed E-state index contributed by atoms with van der Waals surface area (Å²) < 4.78 is 6.07. The Morgan fingerprint density at radius 1 is 1.57 bits per heavy atom. The topological polar surface area (TPSA) is 46.5 Å². The predicted molar refractivity (Wildman–Crippen MR) is 62.0 cm³/mol. The average molecular weight is 344 g/mol. The highest BCUT2D eigenvalue weighted by Gasteiger charge is 2.20. The van der Waals surface area contributed by atoms with Crippen LogP contribution in [-0.4, -0.2) is 17.7 Å². The third-order valence-corrected chi connectivity index (χ3v) is 4.81. The Hall–Kier alpha value is -0.0700. The Bertz CT molecular complexity index is 349. The SMILES string of the molecule is CCCOC(=O)c1sc(Br)c(Br)c1O. The van der Waals surface area contributed by atoms with Crippen LogP contribution in [0.15, 0.2) is 8.26 Å². The zero-order valence-electron chi connectivity index (χ0n) is 7.34. The van der Waals surface area contributed by atoms with Crippen LogP contribution in [0.1, 0.15) is 23.0 Å². The van der Waals surface area contributed by atoms with E-state index in [1.807, 2.05) is 6.92 Å². The minimum atomic E-state index is -0.485. The Labute approximate surface area is 102 Å². The normalized spacial score (nSPS) is 10.2. The van der Waals surface area contributed by atoms with Gasteiger partial charge < -0.3 is 9.84 Å². The van der Waals surface area contributed by atoms with Crippen LogP contribution in [0.5, 0.6) is 5.75 Å². The van der Waals surface area contributed by atoms with Crippen molar-refractivity contribution < 1.29 is 14.6 Å². The number of esters is 1. The number of halogens is 2. The predicted octanol–water partition coefficient (Wildman–Crippen LogP) is 3.55. The molecule has 1 aromatic heterocycles. The summed E-state index contributed by atoms with van der Waals surface area (Å²) in [5, 5.41) is 9.52. The second-order valence-electron chi connectivity index (χ2n) is 2.50. The first-order valence-corrected chi connectivity index (χ1v) is 6.32. The minimum absolute atomic E-state index is 0.0667. The monoisotopic (exact) mass is 342 g/mol. The molecule has 1 aromatic rings. The number of carbonyl (C=O) groups is 1. The van der Waals surface area contributed by atoms with E-state index in [1.165, 1.54) is 0 Å². The molecular formula is C8H8Br2O3S. The minimum Gasteiger partial charge on any atom is -0.505 e. The van der Waals surface area contributed by atoms with Gasteiger partial charge in [-0.15, -0.1) is 11.3 Å².